The topological polar surface area (TPSA) is 45.2 Å². The zero-order chi connectivity index (χ0) is 10.7. The van der Waals surface area contributed by atoms with Gasteiger partial charge in [-0.2, -0.15) is 0 Å². The van der Waals surface area contributed by atoms with Gasteiger partial charge in [-0.3, -0.25) is 9.78 Å². The van der Waals surface area contributed by atoms with Crippen LogP contribution < -0.4 is 5.32 Å². The van der Waals surface area contributed by atoms with Crippen molar-refractivity contribution in [1.82, 2.24) is 15.2 Å². The Morgan fingerprint density at radius 3 is 3.20 bits per heavy atom. The van der Waals surface area contributed by atoms with E-state index in [0.717, 1.165) is 19.5 Å². The van der Waals surface area contributed by atoms with Crippen molar-refractivity contribution in [3.63, 3.8) is 0 Å². The van der Waals surface area contributed by atoms with Crippen molar-refractivity contribution in [3.05, 3.63) is 30.1 Å². The highest BCUT2D eigenvalue weighted by atomic mass is 16.1. The Morgan fingerprint density at radius 2 is 2.60 bits per heavy atom. The van der Waals surface area contributed by atoms with Crippen molar-refractivity contribution >= 4 is 5.91 Å². The predicted molar refractivity (Wildman–Crippen MR) is 56.4 cm³/mol. The van der Waals surface area contributed by atoms with Gasteiger partial charge in [-0.1, -0.05) is 0 Å². The number of pyridine rings is 1. The summed E-state index contributed by atoms with van der Waals surface area (Å²) in [7, 11) is 2.06. The van der Waals surface area contributed by atoms with Crippen LogP contribution in [-0.4, -0.2) is 42.0 Å². The van der Waals surface area contributed by atoms with Gasteiger partial charge in [0.1, 0.15) is 0 Å². The number of likely N-dealkylation sites (N-methyl/N-ethyl adjacent to an activating group) is 1. The lowest BCUT2D eigenvalue weighted by atomic mass is 10.2. The molecule has 1 aliphatic heterocycles. The molecule has 1 N–H and O–H groups in total. The van der Waals surface area contributed by atoms with Crippen LogP contribution in [0.25, 0.3) is 0 Å². The Labute approximate surface area is 89.3 Å². The summed E-state index contributed by atoms with van der Waals surface area (Å²) >= 11 is 0. The van der Waals surface area contributed by atoms with E-state index in [1.807, 2.05) is 0 Å². The molecule has 2 rings (SSSR count). The molecule has 0 spiro atoms. The van der Waals surface area contributed by atoms with E-state index in [0.29, 0.717) is 5.56 Å². The van der Waals surface area contributed by atoms with Crippen LogP contribution in [0.5, 0.6) is 0 Å². The molecule has 1 aliphatic rings. The lowest BCUT2D eigenvalue weighted by molar-refractivity contribution is 0.0938. The molecule has 2 heterocycles. The van der Waals surface area contributed by atoms with Gasteiger partial charge < -0.3 is 10.2 Å². The lowest BCUT2D eigenvalue weighted by Gasteiger charge is -2.12. The predicted octanol–water partition coefficient (Wildman–Crippen LogP) is 0.316. The molecule has 1 radical (unpaired) electrons. The summed E-state index contributed by atoms with van der Waals surface area (Å²) in [6.07, 6.45) is 4.13. The average Bonchev–Trinajstić information content (AvgIpc) is 2.65. The summed E-state index contributed by atoms with van der Waals surface area (Å²) in [6, 6.07) is 4.76. The molecule has 1 unspecified atom stereocenters. The highest BCUT2D eigenvalue weighted by molar-refractivity contribution is 5.93. The van der Waals surface area contributed by atoms with Crippen LogP contribution in [0.3, 0.4) is 0 Å². The number of carbonyl (C=O) groups is 1. The van der Waals surface area contributed by atoms with Crippen molar-refractivity contribution in [2.75, 3.05) is 20.1 Å². The molecule has 1 aromatic rings. The van der Waals surface area contributed by atoms with Gasteiger partial charge in [0.15, 0.2) is 0 Å². The zero-order valence-corrected chi connectivity index (χ0v) is 8.73. The second-order valence-corrected chi connectivity index (χ2v) is 3.87. The van der Waals surface area contributed by atoms with E-state index < -0.39 is 0 Å². The van der Waals surface area contributed by atoms with Crippen molar-refractivity contribution in [2.24, 2.45) is 0 Å². The fourth-order valence-electron chi connectivity index (χ4n) is 1.77. The van der Waals surface area contributed by atoms with E-state index >= 15 is 0 Å². The molecule has 79 valence electrons. The average molecular weight is 204 g/mol. The number of nitrogens with zero attached hydrogens (tertiary/aromatic N) is 2. The zero-order valence-electron chi connectivity index (χ0n) is 8.73. The Balaban J connectivity index is 1.93. The Kier molecular flexibility index (Phi) is 2.97. The minimum absolute atomic E-state index is 0.0577. The number of carbonyl (C=O) groups excluding carboxylic acids is 1. The van der Waals surface area contributed by atoms with Crippen LogP contribution in [0.2, 0.25) is 0 Å². The molecule has 0 aliphatic carbocycles. The third kappa shape index (κ3) is 2.53. The normalized spacial score (nSPS) is 21.5. The lowest BCUT2D eigenvalue weighted by Crippen LogP contribution is -2.36. The number of likely N-dealkylation sites (tertiary alicyclic amines) is 1. The quantitative estimate of drug-likeness (QED) is 0.754. The minimum Gasteiger partial charge on any atom is -0.348 e. The fraction of sp³-hybridized carbons (Fsp3) is 0.455. The van der Waals surface area contributed by atoms with E-state index in [9.17, 15) is 4.79 Å². The molecular weight excluding hydrogens is 190 g/mol. The number of hydrogen-bond acceptors (Lipinski definition) is 3. The molecule has 0 saturated carbocycles. The van der Waals surface area contributed by atoms with E-state index in [1.54, 1.807) is 12.3 Å². The summed E-state index contributed by atoms with van der Waals surface area (Å²) in [6.45, 7) is 1.97. The first kappa shape index (κ1) is 10.1. The van der Waals surface area contributed by atoms with Gasteiger partial charge in [0.2, 0.25) is 0 Å². The first-order chi connectivity index (χ1) is 7.25. The van der Waals surface area contributed by atoms with E-state index in [2.05, 4.69) is 28.3 Å². The summed E-state index contributed by atoms with van der Waals surface area (Å²) in [5.41, 5.74) is 0.555. The molecule has 1 aromatic heterocycles. The Hall–Kier alpha value is -1.42. The molecular formula is C11H14N3O. The summed E-state index contributed by atoms with van der Waals surface area (Å²) in [5.74, 6) is -0.0577. The van der Waals surface area contributed by atoms with Crippen molar-refractivity contribution in [2.45, 2.75) is 12.5 Å². The fourth-order valence-corrected chi connectivity index (χ4v) is 1.77. The van der Waals surface area contributed by atoms with Gasteiger partial charge in [0.25, 0.3) is 5.91 Å². The molecule has 0 bridgehead atoms. The molecule has 4 nitrogen and oxygen atoms in total. The van der Waals surface area contributed by atoms with Crippen LogP contribution in [0.1, 0.15) is 16.8 Å². The number of rotatable bonds is 2. The van der Waals surface area contributed by atoms with Crippen LogP contribution in [0.15, 0.2) is 18.5 Å². The number of nitrogens with one attached hydrogen (secondary N) is 1. The summed E-state index contributed by atoms with van der Waals surface area (Å²) in [4.78, 5) is 17.8. The molecule has 1 fully saturated rings. The molecule has 0 aromatic carbocycles. The van der Waals surface area contributed by atoms with Crippen molar-refractivity contribution in [1.29, 1.82) is 0 Å². The smallest absolute Gasteiger partial charge is 0.252 e. The molecule has 1 amide bonds. The van der Waals surface area contributed by atoms with Gasteiger partial charge in [0, 0.05) is 31.0 Å². The largest absolute Gasteiger partial charge is 0.348 e. The monoisotopic (exact) mass is 204 g/mol. The SMILES string of the molecule is CN1CCC(NC(=O)c2[c]cncc2)C1. The standard InChI is InChI=1S/C11H14N3O/c1-14-7-4-10(8-14)13-11(15)9-2-5-12-6-3-9/h2,5-6,10H,4,7-8H2,1H3,(H,13,15). The van der Waals surface area contributed by atoms with Gasteiger partial charge in [-0.25, -0.2) is 0 Å². The number of hydrogen-bond donors (Lipinski definition) is 1. The molecule has 1 atom stereocenters. The highest BCUT2D eigenvalue weighted by Gasteiger charge is 2.21. The maximum Gasteiger partial charge on any atom is 0.252 e. The third-order valence-electron chi connectivity index (χ3n) is 2.59. The van der Waals surface area contributed by atoms with Gasteiger partial charge in [-0.15, -0.1) is 0 Å². The van der Waals surface area contributed by atoms with Gasteiger partial charge in [0.05, 0.1) is 5.56 Å². The Morgan fingerprint density at radius 1 is 1.73 bits per heavy atom. The maximum absolute atomic E-state index is 11.7. The van der Waals surface area contributed by atoms with Crippen molar-refractivity contribution in [3.8, 4) is 0 Å². The Bertz CT molecular complexity index is 339. The molecule has 15 heavy (non-hydrogen) atoms. The summed E-state index contributed by atoms with van der Waals surface area (Å²) < 4.78 is 0. The minimum atomic E-state index is -0.0577. The van der Waals surface area contributed by atoms with Crippen molar-refractivity contribution < 1.29 is 4.79 Å². The van der Waals surface area contributed by atoms with Gasteiger partial charge >= 0.3 is 0 Å². The van der Waals surface area contributed by atoms with E-state index in [-0.39, 0.29) is 11.9 Å². The third-order valence-corrected chi connectivity index (χ3v) is 2.59. The second kappa shape index (κ2) is 4.40. The second-order valence-electron chi connectivity index (χ2n) is 3.87. The van der Waals surface area contributed by atoms with Crippen LogP contribution in [-0.2, 0) is 0 Å². The van der Waals surface area contributed by atoms with Gasteiger partial charge in [-0.05, 0) is 26.1 Å². The molecule has 1 saturated heterocycles. The van der Waals surface area contributed by atoms with Crippen LogP contribution in [0.4, 0.5) is 0 Å². The van der Waals surface area contributed by atoms with Crippen LogP contribution in [0, 0.1) is 6.07 Å². The van der Waals surface area contributed by atoms with E-state index in [4.69, 9.17) is 0 Å². The van der Waals surface area contributed by atoms with E-state index in [1.165, 1.54) is 6.20 Å². The number of aromatic nitrogens is 1. The first-order valence-corrected chi connectivity index (χ1v) is 5.07. The highest BCUT2D eigenvalue weighted by Crippen LogP contribution is 2.07. The molecule has 4 heteroatoms. The summed E-state index contributed by atoms with van der Waals surface area (Å²) in [5, 5.41) is 2.99. The first-order valence-electron chi connectivity index (χ1n) is 5.07. The maximum atomic E-state index is 11.7. The van der Waals surface area contributed by atoms with Crippen LogP contribution >= 0.6 is 0 Å². The number of amides is 1.